The molecule has 1 N–H and O–H groups in total. The molecule has 1 aliphatic rings. The summed E-state index contributed by atoms with van der Waals surface area (Å²) in [5, 5.41) is 9.02. The summed E-state index contributed by atoms with van der Waals surface area (Å²) in [5.74, 6) is -0.759. The first-order valence-corrected chi connectivity index (χ1v) is 5.86. The number of nitrogens with zero attached hydrogens (tertiary/aromatic N) is 1. The molecular weight excluding hydrogens is 218 g/mol. The molecule has 1 saturated heterocycles. The van der Waals surface area contributed by atoms with Crippen LogP contribution in [-0.2, 0) is 9.53 Å². The number of hydrogen-bond acceptors (Lipinski definition) is 3. The zero-order valence-corrected chi connectivity index (χ0v) is 9.71. The second-order valence-electron chi connectivity index (χ2n) is 4.17. The summed E-state index contributed by atoms with van der Waals surface area (Å²) < 4.78 is 5.30. The molecule has 4 heteroatoms. The van der Waals surface area contributed by atoms with Crippen LogP contribution >= 0.6 is 0 Å². The molecule has 17 heavy (non-hydrogen) atoms. The Balaban J connectivity index is 2.15. The lowest BCUT2D eigenvalue weighted by Crippen LogP contribution is -2.39. The predicted octanol–water partition coefficient (Wildman–Crippen LogP) is 1.53. The average Bonchev–Trinajstić information content (AvgIpc) is 2.38. The fraction of sp³-hybridized carbons (Fsp3) is 0.462. The highest BCUT2D eigenvalue weighted by molar-refractivity contribution is 5.67. The van der Waals surface area contributed by atoms with Gasteiger partial charge in [0.25, 0.3) is 0 Å². The molecule has 1 heterocycles. The van der Waals surface area contributed by atoms with Gasteiger partial charge in [-0.3, -0.25) is 9.69 Å². The quantitative estimate of drug-likeness (QED) is 0.860. The van der Waals surface area contributed by atoms with Crippen molar-refractivity contribution in [3.63, 3.8) is 0 Å². The van der Waals surface area contributed by atoms with Crippen LogP contribution < -0.4 is 0 Å². The van der Waals surface area contributed by atoms with E-state index in [2.05, 4.69) is 4.90 Å². The largest absolute Gasteiger partial charge is 0.481 e. The molecular formula is C13H17NO3. The van der Waals surface area contributed by atoms with E-state index in [1.807, 2.05) is 30.3 Å². The van der Waals surface area contributed by atoms with Crippen LogP contribution in [0, 0.1) is 0 Å². The van der Waals surface area contributed by atoms with Gasteiger partial charge in [0.15, 0.2) is 0 Å². The number of benzene rings is 1. The molecule has 92 valence electrons. The van der Waals surface area contributed by atoms with Gasteiger partial charge < -0.3 is 9.84 Å². The molecule has 4 nitrogen and oxygen atoms in total. The average molecular weight is 235 g/mol. The third-order valence-electron chi connectivity index (χ3n) is 3.04. The number of carboxylic acid groups (broad SMARTS) is 1. The highest BCUT2D eigenvalue weighted by atomic mass is 16.5. The molecule has 1 fully saturated rings. The fourth-order valence-electron chi connectivity index (χ4n) is 2.19. The summed E-state index contributed by atoms with van der Waals surface area (Å²) in [7, 11) is 0. The van der Waals surface area contributed by atoms with Gasteiger partial charge in [-0.2, -0.15) is 0 Å². The van der Waals surface area contributed by atoms with E-state index in [-0.39, 0.29) is 12.5 Å². The second kappa shape index (κ2) is 5.80. The Bertz CT molecular complexity index is 360. The van der Waals surface area contributed by atoms with E-state index < -0.39 is 5.97 Å². The maximum absolute atomic E-state index is 11.0. The van der Waals surface area contributed by atoms with Crippen molar-refractivity contribution in [2.24, 2.45) is 0 Å². The maximum Gasteiger partial charge on any atom is 0.305 e. The van der Waals surface area contributed by atoms with Gasteiger partial charge in [-0.05, 0) is 5.56 Å². The Morgan fingerprint density at radius 2 is 1.94 bits per heavy atom. The van der Waals surface area contributed by atoms with Gasteiger partial charge >= 0.3 is 5.97 Å². The number of aliphatic carboxylic acids is 1. The van der Waals surface area contributed by atoms with Crippen LogP contribution in [0.25, 0.3) is 0 Å². The van der Waals surface area contributed by atoms with Crippen molar-refractivity contribution in [2.45, 2.75) is 12.5 Å². The Morgan fingerprint density at radius 1 is 1.29 bits per heavy atom. The van der Waals surface area contributed by atoms with E-state index in [9.17, 15) is 4.79 Å². The van der Waals surface area contributed by atoms with Crippen LogP contribution in [0.5, 0.6) is 0 Å². The van der Waals surface area contributed by atoms with Gasteiger partial charge in [-0.15, -0.1) is 0 Å². The number of carboxylic acids is 1. The first kappa shape index (κ1) is 12.1. The predicted molar refractivity (Wildman–Crippen MR) is 63.8 cm³/mol. The number of ether oxygens (including phenoxy) is 1. The minimum absolute atomic E-state index is 0.0439. The van der Waals surface area contributed by atoms with Crippen molar-refractivity contribution in [3.05, 3.63) is 35.9 Å². The highest BCUT2D eigenvalue weighted by Crippen LogP contribution is 2.24. The number of morpholine rings is 1. The molecule has 0 radical (unpaired) electrons. The van der Waals surface area contributed by atoms with E-state index in [1.54, 1.807) is 0 Å². The number of rotatable bonds is 4. The molecule has 2 rings (SSSR count). The zero-order valence-electron chi connectivity index (χ0n) is 9.71. The molecule has 0 spiro atoms. The van der Waals surface area contributed by atoms with E-state index in [0.29, 0.717) is 13.2 Å². The van der Waals surface area contributed by atoms with Crippen LogP contribution in [0.2, 0.25) is 0 Å². The lowest BCUT2D eigenvalue weighted by atomic mass is 10.0. The van der Waals surface area contributed by atoms with E-state index >= 15 is 0 Å². The lowest BCUT2D eigenvalue weighted by Gasteiger charge is -2.34. The molecule has 0 aromatic heterocycles. The summed E-state index contributed by atoms with van der Waals surface area (Å²) in [5.41, 5.74) is 1.07. The Kier molecular flexibility index (Phi) is 4.12. The van der Waals surface area contributed by atoms with Gasteiger partial charge in [0.1, 0.15) is 0 Å². The zero-order chi connectivity index (χ0) is 12.1. The highest BCUT2D eigenvalue weighted by Gasteiger charge is 2.24. The molecule has 1 atom stereocenters. The normalized spacial score (nSPS) is 18.8. The first-order valence-electron chi connectivity index (χ1n) is 5.86. The van der Waals surface area contributed by atoms with Gasteiger partial charge in [0, 0.05) is 19.1 Å². The van der Waals surface area contributed by atoms with E-state index in [4.69, 9.17) is 9.84 Å². The minimum Gasteiger partial charge on any atom is -0.481 e. The van der Waals surface area contributed by atoms with Crippen molar-refractivity contribution in [2.75, 3.05) is 26.3 Å². The summed E-state index contributed by atoms with van der Waals surface area (Å²) in [6, 6.07) is 9.78. The molecule has 0 aliphatic carbocycles. The topological polar surface area (TPSA) is 49.8 Å². The fourth-order valence-corrected chi connectivity index (χ4v) is 2.19. The minimum atomic E-state index is -0.759. The van der Waals surface area contributed by atoms with Gasteiger partial charge in [0.2, 0.25) is 0 Å². The molecule has 1 aliphatic heterocycles. The molecule has 1 aromatic carbocycles. The van der Waals surface area contributed by atoms with Crippen LogP contribution in [0.1, 0.15) is 18.0 Å². The standard InChI is InChI=1S/C13H17NO3/c15-13(16)10-12(11-4-2-1-3-5-11)14-6-8-17-9-7-14/h1-5,12H,6-10H2,(H,15,16). The van der Waals surface area contributed by atoms with Crippen LogP contribution in [0.15, 0.2) is 30.3 Å². The van der Waals surface area contributed by atoms with Crippen molar-refractivity contribution >= 4 is 5.97 Å². The number of carbonyl (C=O) groups is 1. The Labute approximate surface area is 101 Å². The Hall–Kier alpha value is -1.39. The van der Waals surface area contributed by atoms with Gasteiger partial charge in [-0.1, -0.05) is 30.3 Å². The SMILES string of the molecule is O=C(O)CC(c1ccccc1)N1CCOCC1. The van der Waals surface area contributed by atoms with Gasteiger partial charge in [-0.25, -0.2) is 0 Å². The second-order valence-corrected chi connectivity index (χ2v) is 4.17. The molecule has 1 aromatic rings. The Morgan fingerprint density at radius 3 is 2.53 bits per heavy atom. The smallest absolute Gasteiger partial charge is 0.305 e. The first-order chi connectivity index (χ1) is 8.27. The molecule has 1 unspecified atom stereocenters. The third-order valence-corrected chi connectivity index (χ3v) is 3.04. The van der Waals surface area contributed by atoms with E-state index in [1.165, 1.54) is 0 Å². The van der Waals surface area contributed by atoms with Crippen LogP contribution in [0.3, 0.4) is 0 Å². The van der Waals surface area contributed by atoms with Crippen molar-refractivity contribution in [1.82, 2.24) is 4.90 Å². The van der Waals surface area contributed by atoms with Gasteiger partial charge in [0.05, 0.1) is 19.6 Å². The van der Waals surface area contributed by atoms with Crippen molar-refractivity contribution in [3.8, 4) is 0 Å². The summed E-state index contributed by atoms with van der Waals surface area (Å²) in [6.07, 6.45) is 0.143. The van der Waals surface area contributed by atoms with Crippen LogP contribution in [-0.4, -0.2) is 42.3 Å². The molecule has 0 bridgehead atoms. The third kappa shape index (κ3) is 3.28. The number of hydrogen-bond donors (Lipinski definition) is 1. The molecule has 0 saturated carbocycles. The van der Waals surface area contributed by atoms with Crippen molar-refractivity contribution < 1.29 is 14.6 Å². The maximum atomic E-state index is 11.0. The van der Waals surface area contributed by atoms with Crippen LogP contribution in [0.4, 0.5) is 0 Å². The lowest BCUT2D eigenvalue weighted by molar-refractivity contribution is -0.139. The summed E-state index contributed by atoms with van der Waals surface area (Å²) >= 11 is 0. The monoisotopic (exact) mass is 235 g/mol. The summed E-state index contributed by atoms with van der Waals surface area (Å²) in [6.45, 7) is 2.96. The van der Waals surface area contributed by atoms with Crippen molar-refractivity contribution in [1.29, 1.82) is 0 Å². The summed E-state index contributed by atoms with van der Waals surface area (Å²) in [4.78, 5) is 13.2. The van der Waals surface area contributed by atoms with E-state index in [0.717, 1.165) is 18.7 Å². The molecule has 0 amide bonds.